The molecule has 0 unspecified atom stereocenters. The Balaban J connectivity index is 1.49. The summed E-state index contributed by atoms with van der Waals surface area (Å²) in [5, 5.41) is 14.7. The highest BCUT2D eigenvalue weighted by atomic mass is 32.2. The molecule has 102 valence electrons. The minimum absolute atomic E-state index is 0.188. The normalized spacial score (nSPS) is 18.5. The first-order valence-corrected chi connectivity index (χ1v) is 7.83. The summed E-state index contributed by atoms with van der Waals surface area (Å²) < 4.78 is 0.746. The van der Waals surface area contributed by atoms with Crippen molar-refractivity contribution in [3.8, 4) is 0 Å². The van der Waals surface area contributed by atoms with Crippen LogP contribution in [0.1, 0.15) is 12.8 Å². The van der Waals surface area contributed by atoms with Crippen LogP contribution in [0.3, 0.4) is 0 Å². The van der Waals surface area contributed by atoms with Gasteiger partial charge in [-0.05, 0) is 12.8 Å². The van der Waals surface area contributed by atoms with Crippen molar-refractivity contribution in [3.63, 3.8) is 0 Å². The first-order chi connectivity index (χ1) is 9.22. The summed E-state index contributed by atoms with van der Waals surface area (Å²) in [5.41, 5.74) is 0. The highest BCUT2D eigenvalue weighted by Crippen LogP contribution is 2.30. The molecule has 2 fully saturated rings. The lowest BCUT2D eigenvalue weighted by Crippen LogP contribution is -2.35. The van der Waals surface area contributed by atoms with E-state index in [4.69, 9.17) is 0 Å². The maximum Gasteiger partial charge on any atom is 0.324 e. The molecule has 1 aliphatic carbocycles. The third-order valence-electron chi connectivity index (χ3n) is 2.79. The van der Waals surface area contributed by atoms with E-state index >= 15 is 0 Å². The smallest absolute Gasteiger partial charge is 0.324 e. The average molecular weight is 299 g/mol. The minimum atomic E-state index is -0.307. The van der Waals surface area contributed by atoms with Gasteiger partial charge in [-0.2, -0.15) is 0 Å². The molecule has 1 aromatic rings. The van der Waals surface area contributed by atoms with Crippen LogP contribution < -0.4 is 10.6 Å². The number of carbonyl (C=O) groups excluding carboxylic acids is 2. The summed E-state index contributed by atoms with van der Waals surface area (Å²) in [6.07, 6.45) is 2.37. The summed E-state index contributed by atoms with van der Waals surface area (Å²) in [7, 11) is 0. The Bertz CT molecular complexity index is 502. The van der Waals surface area contributed by atoms with Crippen LogP contribution in [0.2, 0.25) is 0 Å². The van der Waals surface area contributed by atoms with Crippen molar-refractivity contribution >= 4 is 40.2 Å². The Morgan fingerprint density at radius 1 is 1.53 bits per heavy atom. The Morgan fingerprint density at radius 2 is 2.37 bits per heavy atom. The summed E-state index contributed by atoms with van der Waals surface area (Å²) >= 11 is 2.76. The van der Waals surface area contributed by atoms with E-state index in [-0.39, 0.29) is 17.7 Å². The fourth-order valence-corrected chi connectivity index (χ4v) is 3.34. The Morgan fingerprint density at radius 3 is 3.05 bits per heavy atom. The Labute approximate surface area is 118 Å². The van der Waals surface area contributed by atoms with Gasteiger partial charge in [-0.25, -0.2) is 4.79 Å². The molecule has 0 radical (unpaired) electrons. The summed E-state index contributed by atoms with van der Waals surface area (Å²) in [4.78, 5) is 24.4. The Kier molecular flexibility index (Phi) is 3.56. The lowest BCUT2D eigenvalue weighted by atomic mass is 10.5. The monoisotopic (exact) mass is 299 g/mol. The SMILES string of the molecule is O=C(CSc1nnc(NC2CC2)s1)N1CCNC1=O. The molecular formula is C10H13N5O2S2. The number of thioether (sulfide) groups is 1. The maximum absolute atomic E-state index is 11.8. The van der Waals surface area contributed by atoms with Crippen molar-refractivity contribution < 1.29 is 9.59 Å². The number of imide groups is 1. The molecule has 0 bridgehead atoms. The predicted octanol–water partition coefficient (Wildman–Crippen LogP) is 0.756. The highest BCUT2D eigenvalue weighted by molar-refractivity contribution is 8.01. The first-order valence-electron chi connectivity index (χ1n) is 6.03. The van der Waals surface area contributed by atoms with E-state index in [2.05, 4.69) is 20.8 Å². The van der Waals surface area contributed by atoms with Gasteiger partial charge in [-0.1, -0.05) is 23.1 Å². The minimum Gasteiger partial charge on any atom is -0.357 e. The number of nitrogens with zero attached hydrogens (tertiary/aromatic N) is 3. The number of amides is 3. The van der Waals surface area contributed by atoms with Crippen molar-refractivity contribution in [2.75, 3.05) is 24.2 Å². The van der Waals surface area contributed by atoms with E-state index in [1.54, 1.807) is 0 Å². The molecule has 3 rings (SSSR count). The molecule has 2 aliphatic rings. The summed E-state index contributed by atoms with van der Waals surface area (Å²) in [6.45, 7) is 0.979. The fourth-order valence-electron chi connectivity index (χ4n) is 1.64. The van der Waals surface area contributed by atoms with Crippen molar-refractivity contribution in [1.82, 2.24) is 20.4 Å². The van der Waals surface area contributed by atoms with Gasteiger partial charge in [-0.15, -0.1) is 10.2 Å². The molecule has 1 aromatic heterocycles. The van der Waals surface area contributed by atoms with Crippen LogP contribution in [0.15, 0.2) is 4.34 Å². The van der Waals surface area contributed by atoms with E-state index in [1.165, 1.54) is 40.8 Å². The van der Waals surface area contributed by atoms with Crippen LogP contribution in [0.25, 0.3) is 0 Å². The highest BCUT2D eigenvalue weighted by Gasteiger charge is 2.26. The zero-order valence-corrected chi connectivity index (χ0v) is 11.7. The second kappa shape index (κ2) is 5.33. The third kappa shape index (κ3) is 3.16. The van der Waals surface area contributed by atoms with Crippen LogP contribution in [0.5, 0.6) is 0 Å². The molecule has 2 N–H and O–H groups in total. The molecule has 19 heavy (non-hydrogen) atoms. The first kappa shape index (κ1) is 12.7. The topological polar surface area (TPSA) is 87.2 Å². The average Bonchev–Trinajstić information content (AvgIpc) is 2.91. The summed E-state index contributed by atoms with van der Waals surface area (Å²) in [5.74, 6) is 0.0257. The molecule has 0 aromatic carbocycles. The lowest BCUT2D eigenvalue weighted by Gasteiger charge is -2.10. The molecule has 9 heteroatoms. The van der Waals surface area contributed by atoms with Gasteiger partial charge in [0.15, 0.2) is 4.34 Å². The van der Waals surface area contributed by atoms with Crippen molar-refractivity contribution in [2.45, 2.75) is 23.2 Å². The van der Waals surface area contributed by atoms with Gasteiger partial charge in [-0.3, -0.25) is 9.69 Å². The Hall–Kier alpha value is -1.35. The number of carbonyl (C=O) groups is 2. The molecule has 1 saturated carbocycles. The van der Waals surface area contributed by atoms with Crippen molar-refractivity contribution in [3.05, 3.63) is 0 Å². The van der Waals surface area contributed by atoms with Gasteiger partial charge < -0.3 is 10.6 Å². The largest absolute Gasteiger partial charge is 0.357 e. The standard InChI is InChI=1S/C10H13N5O2S2/c16-7(15-4-3-11-9(15)17)5-18-10-14-13-8(19-10)12-6-1-2-6/h6H,1-5H2,(H,11,17)(H,12,13). The predicted molar refractivity (Wildman–Crippen MR) is 72.4 cm³/mol. The van der Waals surface area contributed by atoms with Gasteiger partial charge >= 0.3 is 6.03 Å². The maximum atomic E-state index is 11.8. The van der Waals surface area contributed by atoms with Crippen LogP contribution in [0.4, 0.5) is 9.93 Å². The van der Waals surface area contributed by atoms with Gasteiger partial charge in [0.2, 0.25) is 11.0 Å². The number of anilines is 1. The van der Waals surface area contributed by atoms with Crippen molar-refractivity contribution in [2.24, 2.45) is 0 Å². The van der Waals surface area contributed by atoms with E-state index < -0.39 is 0 Å². The summed E-state index contributed by atoms with van der Waals surface area (Å²) in [6, 6.07) is 0.236. The number of urea groups is 1. The molecule has 0 atom stereocenters. The number of nitrogens with one attached hydrogen (secondary N) is 2. The van der Waals surface area contributed by atoms with Gasteiger partial charge in [0.25, 0.3) is 0 Å². The second-order valence-electron chi connectivity index (χ2n) is 4.36. The quantitative estimate of drug-likeness (QED) is 0.780. The van der Waals surface area contributed by atoms with Crippen LogP contribution in [-0.2, 0) is 4.79 Å². The molecule has 0 spiro atoms. The molecule has 2 heterocycles. The van der Waals surface area contributed by atoms with E-state index in [1.807, 2.05) is 0 Å². The number of hydrogen-bond donors (Lipinski definition) is 2. The molecule has 1 aliphatic heterocycles. The van der Waals surface area contributed by atoms with E-state index in [0.717, 1.165) is 9.47 Å². The van der Waals surface area contributed by atoms with Gasteiger partial charge in [0.1, 0.15) is 0 Å². The second-order valence-corrected chi connectivity index (χ2v) is 6.56. The van der Waals surface area contributed by atoms with Crippen LogP contribution >= 0.6 is 23.1 Å². The zero-order chi connectivity index (χ0) is 13.2. The van der Waals surface area contributed by atoms with Gasteiger partial charge in [0.05, 0.1) is 5.75 Å². The fraction of sp³-hybridized carbons (Fsp3) is 0.600. The number of aromatic nitrogens is 2. The number of rotatable bonds is 5. The van der Waals surface area contributed by atoms with Gasteiger partial charge in [0, 0.05) is 19.1 Å². The third-order valence-corrected chi connectivity index (χ3v) is 4.76. The van der Waals surface area contributed by atoms with Crippen molar-refractivity contribution in [1.29, 1.82) is 0 Å². The molecular weight excluding hydrogens is 286 g/mol. The van der Waals surface area contributed by atoms with Crippen LogP contribution in [0, 0.1) is 0 Å². The molecule has 1 saturated heterocycles. The van der Waals surface area contributed by atoms with Crippen LogP contribution in [-0.4, -0.2) is 51.9 Å². The van der Waals surface area contributed by atoms with E-state index in [0.29, 0.717) is 19.1 Å². The number of hydrogen-bond acceptors (Lipinski definition) is 7. The zero-order valence-electron chi connectivity index (χ0n) is 10.1. The molecule has 7 nitrogen and oxygen atoms in total. The lowest BCUT2D eigenvalue weighted by molar-refractivity contribution is -0.124. The molecule has 3 amide bonds. The van der Waals surface area contributed by atoms with E-state index in [9.17, 15) is 9.59 Å².